The Balaban J connectivity index is 2.42. The minimum atomic E-state index is -1.44. The van der Waals surface area contributed by atoms with Gasteiger partial charge in [-0.2, -0.15) is 0 Å². The largest absolute Gasteiger partial charge is 0.287 e. The lowest BCUT2D eigenvalue weighted by Gasteiger charge is -2.27. The molecule has 0 spiro atoms. The van der Waals surface area contributed by atoms with Gasteiger partial charge in [0.1, 0.15) is 0 Å². The molecule has 0 radical (unpaired) electrons. The Morgan fingerprint density at radius 2 is 2.25 bits per heavy atom. The molecule has 4 nitrogen and oxygen atoms in total. The highest BCUT2D eigenvalue weighted by Gasteiger charge is 2.29. The van der Waals surface area contributed by atoms with Crippen molar-refractivity contribution in [2.24, 2.45) is 0 Å². The van der Waals surface area contributed by atoms with Crippen LogP contribution in [-0.2, 0) is 11.2 Å². The van der Waals surface area contributed by atoms with Crippen LogP contribution in [0.25, 0.3) is 0 Å². The van der Waals surface area contributed by atoms with Gasteiger partial charge in [0.2, 0.25) is 11.2 Å². The summed E-state index contributed by atoms with van der Waals surface area (Å²) in [6.45, 7) is 2.46. The molecule has 1 unspecified atom stereocenters. The van der Waals surface area contributed by atoms with Crippen LogP contribution in [0, 0.1) is 3.57 Å². The second kappa shape index (κ2) is 4.70. The molecule has 1 aliphatic rings. The number of carbonyl (C=O) groups is 1. The topological polar surface area (TPSA) is 49.4 Å². The summed E-state index contributed by atoms with van der Waals surface area (Å²) in [6, 6.07) is 5.48. The second-order valence-corrected chi connectivity index (χ2v) is 5.84. The molecule has 0 fully saturated rings. The van der Waals surface area contributed by atoms with Gasteiger partial charge in [-0.1, -0.05) is 6.92 Å². The van der Waals surface area contributed by atoms with E-state index in [1.807, 2.05) is 19.1 Å². The molecule has 2 rings (SSSR count). The van der Waals surface area contributed by atoms with Gasteiger partial charge in [0.25, 0.3) is 5.91 Å². The summed E-state index contributed by atoms with van der Waals surface area (Å²) < 4.78 is 16.9. The molecule has 1 aromatic carbocycles. The Kier molecular flexibility index (Phi) is 3.48. The van der Waals surface area contributed by atoms with Crippen molar-refractivity contribution in [1.29, 1.82) is 0 Å². The first-order valence-electron chi connectivity index (χ1n) is 4.93. The van der Waals surface area contributed by atoms with E-state index in [9.17, 15) is 9.00 Å². The summed E-state index contributed by atoms with van der Waals surface area (Å²) in [4.78, 5) is 12.1. The summed E-state index contributed by atoms with van der Waals surface area (Å²) in [6.07, 6.45) is 0.790. The average Bonchev–Trinajstić information content (AvgIpc) is 2.26. The van der Waals surface area contributed by atoms with Crippen LogP contribution >= 0.6 is 22.6 Å². The van der Waals surface area contributed by atoms with Crippen LogP contribution < -0.4 is 4.72 Å². The van der Waals surface area contributed by atoms with Crippen molar-refractivity contribution in [2.75, 3.05) is 11.3 Å². The number of halogens is 1. The van der Waals surface area contributed by atoms with E-state index >= 15 is 0 Å². The molecule has 16 heavy (non-hydrogen) atoms. The molecule has 1 atom stereocenters. The number of carbonyl (C=O) groups excluding carboxylic acids is 1. The van der Waals surface area contributed by atoms with Crippen LogP contribution in [0.1, 0.15) is 23.7 Å². The molecule has 0 bridgehead atoms. The number of hydrogen-bond acceptors (Lipinski definition) is 2. The number of hydrogen-bond donors (Lipinski definition) is 1. The predicted molar refractivity (Wildman–Crippen MR) is 72.3 cm³/mol. The minimum absolute atomic E-state index is 0.160. The van der Waals surface area contributed by atoms with Crippen molar-refractivity contribution in [1.82, 2.24) is 4.31 Å². The fourth-order valence-corrected chi connectivity index (χ4v) is 3.09. The third-order valence-electron chi connectivity index (χ3n) is 2.26. The molecule has 1 N–H and O–H groups in total. The standard InChI is InChI=1S/C10H11IN2O2S/c1-2-5-13-10(14)8-6-7(11)3-4-9(8)12-16(13)15/h3-4,6,12H,2,5H2,1H3. The van der Waals surface area contributed by atoms with Gasteiger partial charge in [-0.3, -0.25) is 9.52 Å². The minimum Gasteiger partial charge on any atom is -0.287 e. The van der Waals surface area contributed by atoms with Crippen molar-refractivity contribution >= 4 is 45.4 Å². The van der Waals surface area contributed by atoms with Crippen molar-refractivity contribution in [3.8, 4) is 0 Å². The first kappa shape index (κ1) is 11.8. The molecule has 0 saturated carbocycles. The quantitative estimate of drug-likeness (QED) is 0.831. The van der Waals surface area contributed by atoms with E-state index in [2.05, 4.69) is 27.3 Å². The van der Waals surface area contributed by atoms with Gasteiger partial charge in [0.15, 0.2) is 0 Å². The first-order valence-corrected chi connectivity index (χ1v) is 7.12. The van der Waals surface area contributed by atoms with Crippen molar-refractivity contribution < 1.29 is 9.00 Å². The van der Waals surface area contributed by atoms with Crippen LogP contribution in [0.5, 0.6) is 0 Å². The van der Waals surface area contributed by atoms with Crippen LogP contribution in [0.4, 0.5) is 5.69 Å². The highest BCUT2D eigenvalue weighted by molar-refractivity contribution is 14.1. The molecule has 86 valence electrons. The molecule has 1 aliphatic heterocycles. The van der Waals surface area contributed by atoms with E-state index in [0.29, 0.717) is 17.8 Å². The zero-order chi connectivity index (χ0) is 11.7. The fraction of sp³-hybridized carbons (Fsp3) is 0.300. The number of nitrogens with zero attached hydrogens (tertiary/aromatic N) is 1. The Labute approximate surface area is 110 Å². The lowest BCUT2D eigenvalue weighted by molar-refractivity contribution is 0.0865. The molecular weight excluding hydrogens is 339 g/mol. The normalized spacial score (nSPS) is 19.2. The molecule has 0 aromatic heterocycles. The zero-order valence-electron chi connectivity index (χ0n) is 8.70. The zero-order valence-corrected chi connectivity index (χ0v) is 11.7. The molecular formula is C10H11IN2O2S. The van der Waals surface area contributed by atoms with Gasteiger partial charge < -0.3 is 0 Å². The van der Waals surface area contributed by atoms with E-state index in [-0.39, 0.29) is 5.91 Å². The monoisotopic (exact) mass is 350 g/mol. The second-order valence-electron chi connectivity index (χ2n) is 3.45. The number of amides is 1. The van der Waals surface area contributed by atoms with Gasteiger partial charge in [0, 0.05) is 10.1 Å². The van der Waals surface area contributed by atoms with Crippen molar-refractivity contribution in [2.45, 2.75) is 13.3 Å². The number of rotatable bonds is 2. The summed E-state index contributed by atoms with van der Waals surface area (Å²) in [5, 5.41) is 0. The van der Waals surface area contributed by atoms with Crippen LogP contribution in [-0.4, -0.2) is 21.0 Å². The van der Waals surface area contributed by atoms with Crippen molar-refractivity contribution in [3.63, 3.8) is 0 Å². The van der Waals surface area contributed by atoms with E-state index in [4.69, 9.17) is 0 Å². The Morgan fingerprint density at radius 3 is 2.94 bits per heavy atom. The number of anilines is 1. The summed E-state index contributed by atoms with van der Waals surface area (Å²) in [5.41, 5.74) is 1.25. The average molecular weight is 350 g/mol. The summed E-state index contributed by atoms with van der Waals surface area (Å²) in [5.74, 6) is -0.160. The SMILES string of the molecule is CCCN1C(=O)c2cc(I)ccc2NS1=O. The van der Waals surface area contributed by atoms with Crippen molar-refractivity contribution in [3.05, 3.63) is 27.3 Å². The Hall–Kier alpha value is -0.630. The summed E-state index contributed by atoms with van der Waals surface area (Å²) in [7, 11) is 0. The lowest BCUT2D eigenvalue weighted by atomic mass is 10.1. The molecule has 1 heterocycles. The molecule has 1 aromatic rings. The number of benzene rings is 1. The van der Waals surface area contributed by atoms with Gasteiger partial charge >= 0.3 is 0 Å². The molecule has 6 heteroatoms. The van der Waals surface area contributed by atoms with Gasteiger partial charge in [-0.25, -0.2) is 8.51 Å². The van der Waals surface area contributed by atoms with E-state index < -0.39 is 11.2 Å². The molecule has 0 saturated heterocycles. The highest BCUT2D eigenvalue weighted by Crippen LogP contribution is 2.26. The Morgan fingerprint density at radius 1 is 1.50 bits per heavy atom. The van der Waals surface area contributed by atoms with Crippen LogP contribution in [0.15, 0.2) is 18.2 Å². The molecule has 0 aliphatic carbocycles. The summed E-state index contributed by atoms with van der Waals surface area (Å²) >= 11 is 0.711. The maximum absolute atomic E-state index is 12.1. The maximum Gasteiger partial charge on any atom is 0.269 e. The Bertz CT molecular complexity index is 464. The predicted octanol–water partition coefficient (Wildman–Crippen LogP) is 2.15. The van der Waals surface area contributed by atoms with Crippen LogP contribution in [0.2, 0.25) is 0 Å². The first-order chi connectivity index (χ1) is 7.63. The smallest absolute Gasteiger partial charge is 0.269 e. The maximum atomic E-state index is 12.1. The number of nitrogens with one attached hydrogen (secondary N) is 1. The van der Waals surface area contributed by atoms with Gasteiger partial charge in [0.05, 0.1) is 11.3 Å². The van der Waals surface area contributed by atoms with E-state index in [1.54, 1.807) is 6.07 Å². The lowest BCUT2D eigenvalue weighted by Crippen LogP contribution is -2.40. The van der Waals surface area contributed by atoms with Gasteiger partial charge in [-0.15, -0.1) is 0 Å². The van der Waals surface area contributed by atoms with Crippen LogP contribution in [0.3, 0.4) is 0 Å². The van der Waals surface area contributed by atoms with E-state index in [0.717, 1.165) is 9.99 Å². The third kappa shape index (κ3) is 2.08. The number of fused-ring (bicyclic) bond motifs is 1. The fourth-order valence-electron chi connectivity index (χ4n) is 1.53. The van der Waals surface area contributed by atoms with Gasteiger partial charge in [-0.05, 0) is 47.2 Å². The third-order valence-corrected chi connectivity index (χ3v) is 4.08. The highest BCUT2D eigenvalue weighted by atomic mass is 127. The van der Waals surface area contributed by atoms with E-state index in [1.165, 1.54) is 4.31 Å². The molecule has 1 amide bonds.